The molecule has 0 bridgehead atoms. The predicted molar refractivity (Wildman–Crippen MR) is 364 cm³/mol. The standard InChI is InChI=1S/C66H128N16O11/c1-38(2)31-49(56(72)83)76-63(90)52(34-41(7)8)82-66(93)55(37-44(13)14)79-60(87)48(26-18-22-30-70)75-62(89)51(33-40(5)6)81-65(92)54(36-43(11)12)78-59(86)47(25-17-21-29-69)74-61(88)50(32-39(3)4)80-64(91)53(35-42(9)10)77-58(85)46(24-16-20-28-68)73-57(84)45(71)23-15-19-27-67/h38-55H,15-37,67-71H2,1-14H3,(H2,72,83)(H,73,84)(H,74,88)(H,75,89)(H,76,90)(H,77,85)(H,78,86)(H,79,87)(H,80,91)(H,81,92)(H,82,93)/t45-,46-,47+,48+,49+,50+,51-,52-,53-,54-,55-/m0/s1. The minimum Gasteiger partial charge on any atom is -0.368 e. The predicted octanol–water partition coefficient (Wildman–Crippen LogP) is 1.49. The zero-order valence-electron chi connectivity index (χ0n) is 59.1. The molecule has 11 amide bonds. The molecule has 0 saturated carbocycles. The Morgan fingerprint density at radius 1 is 0.237 bits per heavy atom. The maximum absolute atomic E-state index is 14.6. The SMILES string of the molecule is CC(C)C[C@H](NC(=O)[C@H](CC(C)C)NC(=O)[C@@H](CCCCN)NC(=O)[C@H](CC(C)C)NC(=O)[C@H](CC(C)C)NC(=O)[C@@H](CCCCN)NC(=O)[C@@H](CC(C)C)NC(=O)[C@H](CC(C)C)NC(=O)[C@H](CCCCN)NC(=O)[C@@H](N)CCCCN)C(=O)N[C@H](CC(C)C)C(N)=O. The first-order valence-corrected chi connectivity index (χ1v) is 34.5. The Balaban J connectivity index is 7.03. The van der Waals surface area contributed by atoms with Crippen LogP contribution >= 0.6 is 0 Å². The number of hydrogen-bond donors (Lipinski definition) is 16. The van der Waals surface area contributed by atoms with Gasteiger partial charge in [-0.1, -0.05) is 103 Å². The molecule has 0 aromatic rings. The fourth-order valence-electron chi connectivity index (χ4n) is 10.6. The van der Waals surface area contributed by atoms with Crippen LogP contribution in [0.1, 0.15) is 219 Å². The van der Waals surface area contributed by atoms with Crippen molar-refractivity contribution in [3.05, 3.63) is 0 Å². The molecular weight excluding hydrogens is 1190 g/mol. The lowest BCUT2D eigenvalue weighted by atomic mass is 9.98. The summed E-state index contributed by atoms with van der Waals surface area (Å²) in [5.74, 6) is -7.99. The Hall–Kier alpha value is -6.03. The van der Waals surface area contributed by atoms with Crippen molar-refractivity contribution in [3.63, 3.8) is 0 Å². The molecule has 0 saturated heterocycles. The van der Waals surface area contributed by atoms with Gasteiger partial charge in [-0.15, -0.1) is 0 Å². The van der Waals surface area contributed by atoms with Gasteiger partial charge in [0.25, 0.3) is 0 Å². The molecule has 27 nitrogen and oxygen atoms in total. The lowest BCUT2D eigenvalue weighted by molar-refractivity contribution is -0.136. The van der Waals surface area contributed by atoms with E-state index in [1.807, 2.05) is 96.9 Å². The van der Waals surface area contributed by atoms with E-state index in [-0.39, 0.29) is 112 Å². The molecule has 27 heteroatoms. The topological polar surface area (TPSA) is 464 Å². The Morgan fingerprint density at radius 2 is 0.398 bits per heavy atom. The van der Waals surface area contributed by atoms with Gasteiger partial charge in [-0.25, -0.2) is 0 Å². The zero-order chi connectivity index (χ0) is 71.1. The van der Waals surface area contributed by atoms with Crippen LogP contribution in [-0.4, -0.2) is 158 Å². The monoisotopic (exact) mass is 1320 g/mol. The van der Waals surface area contributed by atoms with E-state index in [1.165, 1.54) is 0 Å². The number of primary amides is 1. The lowest BCUT2D eigenvalue weighted by Crippen LogP contribution is -2.61. The van der Waals surface area contributed by atoms with E-state index in [9.17, 15) is 52.7 Å². The third kappa shape index (κ3) is 38.2. The normalized spacial score (nSPS) is 15.2. The molecule has 0 aromatic heterocycles. The minimum atomic E-state index is -1.23. The molecule has 93 heavy (non-hydrogen) atoms. The van der Waals surface area contributed by atoms with E-state index in [0.717, 1.165) is 0 Å². The summed E-state index contributed by atoms with van der Waals surface area (Å²) in [6, 6.07) is -12.3. The highest BCUT2D eigenvalue weighted by Crippen LogP contribution is 2.17. The third-order valence-electron chi connectivity index (χ3n) is 15.5. The third-order valence-corrected chi connectivity index (χ3v) is 15.5. The number of carbonyl (C=O) groups is 11. The van der Waals surface area contributed by atoms with Gasteiger partial charge in [0, 0.05) is 0 Å². The van der Waals surface area contributed by atoms with Gasteiger partial charge in [-0.3, -0.25) is 52.7 Å². The van der Waals surface area contributed by atoms with Gasteiger partial charge in [-0.2, -0.15) is 0 Å². The molecule has 0 heterocycles. The van der Waals surface area contributed by atoms with Crippen molar-refractivity contribution in [2.24, 2.45) is 75.8 Å². The van der Waals surface area contributed by atoms with Crippen LogP contribution in [0.4, 0.5) is 0 Å². The number of amides is 11. The summed E-state index contributed by atoms with van der Waals surface area (Å²) in [4.78, 5) is 154. The summed E-state index contributed by atoms with van der Waals surface area (Å²) >= 11 is 0. The van der Waals surface area contributed by atoms with Crippen LogP contribution in [0.3, 0.4) is 0 Å². The van der Waals surface area contributed by atoms with Gasteiger partial charge in [0.05, 0.1) is 6.04 Å². The quantitative estimate of drug-likeness (QED) is 0.0384. The van der Waals surface area contributed by atoms with Crippen molar-refractivity contribution in [2.45, 2.75) is 285 Å². The van der Waals surface area contributed by atoms with Gasteiger partial charge < -0.3 is 87.6 Å². The van der Waals surface area contributed by atoms with Gasteiger partial charge in [0.15, 0.2) is 0 Å². The van der Waals surface area contributed by atoms with E-state index in [1.54, 1.807) is 0 Å². The minimum absolute atomic E-state index is 0.0280. The van der Waals surface area contributed by atoms with Gasteiger partial charge in [-0.05, 0) is 183 Å². The number of nitrogens with two attached hydrogens (primary N) is 6. The van der Waals surface area contributed by atoms with Crippen LogP contribution in [0.25, 0.3) is 0 Å². The lowest BCUT2D eigenvalue weighted by Gasteiger charge is -2.30. The second-order valence-corrected chi connectivity index (χ2v) is 28.2. The summed E-state index contributed by atoms with van der Waals surface area (Å²) in [6.07, 6.45) is 6.18. The van der Waals surface area contributed by atoms with E-state index < -0.39 is 131 Å². The molecule has 0 radical (unpaired) electrons. The molecule has 22 N–H and O–H groups in total. The molecule has 0 aliphatic rings. The van der Waals surface area contributed by atoms with Crippen molar-refractivity contribution >= 4 is 65.0 Å². The van der Waals surface area contributed by atoms with E-state index in [4.69, 9.17) is 34.4 Å². The first-order chi connectivity index (χ1) is 43.6. The fourth-order valence-corrected chi connectivity index (χ4v) is 10.6. The Bertz CT molecular complexity index is 2270. The molecule has 0 rings (SSSR count). The summed E-state index contributed by atoms with van der Waals surface area (Å²) in [5.41, 5.74) is 34.9. The second-order valence-electron chi connectivity index (χ2n) is 28.2. The largest absolute Gasteiger partial charge is 0.368 e. The molecule has 0 aliphatic carbocycles. The maximum atomic E-state index is 14.6. The molecule has 0 spiro atoms. The maximum Gasteiger partial charge on any atom is 0.243 e. The molecular formula is C66H128N16O11. The molecule has 0 fully saturated rings. The summed E-state index contributed by atoms with van der Waals surface area (Å²) < 4.78 is 0. The molecule has 0 aromatic carbocycles. The van der Waals surface area contributed by atoms with Crippen molar-refractivity contribution in [2.75, 3.05) is 26.2 Å². The van der Waals surface area contributed by atoms with Crippen LogP contribution in [-0.2, 0) is 52.7 Å². The number of hydrogen-bond acceptors (Lipinski definition) is 16. The Kier molecular flexibility index (Phi) is 44.7. The zero-order valence-corrected chi connectivity index (χ0v) is 59.1. The summed E-state index contributed by atoms with van der Waals surface area (Å²) in [6.45, 7) is 27.5. The number of carbonyl (C=O) groups excluding carboxylic acids is 11. The highest BCUT2D eigenvalue weighted by Gasteiger charge is 2.37. The van der Waals surface area contributed by atoms with Gasteiger partial charge in [0.1, 0.15) is 60.4 Å². The first kappa shape index (κ1) is 87.0. The van der Waals surface area contributed by atoms with Crippen molar-refractivity contribution in [3.8, 4) is 0 Å². The fraction of sp³-hybridized carbons (Fsp3) is 0.833. The van der Waals surface area contributed by atoms with Gasteiger partial charge in [0.2, 0.25) is 65.0 Å². The average Bonchev–Trinajstić information content (AvgIpc) is 1.01. The second kappa shape index (κ2) is 47.8. The number of nitrogens with one attached hydrogen (secondary N) is 10. The smallest absolute Gasteiger partial charge is 0.243 e. The Labute approximate surface area is 556 Å². The molecule has 0 aliphatic heterocycles. The van der Waals surface area contributed by atoms with Gasteiger partial charge >= 0.3 is 0 Å². The molecule has 11 atom stereocenters. The molecule has 538 valence electrons. The number of rotatable bonds is 51. The number of unbranched alkanes of at least 4 members (excludes halogenated alkanes) is 4. The van der Waals surface area contributed by atoms with Crippen molar-refractivity contribution < 1.29 is 52.7 Å². The van der Waals surface area contributed by atoms with E-state index in [0.29, 0.717) is 77.4 Å². The summed E-state index contributed by atoms with van der Waals surface area (Å²) in [5, 5.41) is 28.1. The van der Waals surface area contributed by atoms with Crippen LogP contribution in [0, 0.1) is 41.4 Å². The van der Waals surface area contributed by atoms with E-state index in [2.05, 4.69) is 53.2 Å². The molecule has 0 unspecified atom stereocenters. The van der Waals surface area contributed by atoms with E-state index >= 15 is 0 Å². The Morgan fingerprint density at radius 3 is 0.591 bits per heavy atom. The summed E-state index contributed by atoms with van der Waals surface area (Å²) in [7, 11) is 0. The first-order valence-electron chi connectivity index (χ1n) is 34.5. The van der Waals surface area contributed by atoms with Crippen LogP contribution in [0.2, 0.25) is 0 Å². The highest BCUT2D eigenvalue weighted by atomic mass is 16.2. The van der Waals surface area contributed by atoms with Crippen LogP contribution in [0.5, 0.6) is 0 Å². The average molecular weight is 1320 g/mol. The highest BCUT2D eigenvalue weighted by molar-refractivity contribution is 5.99. The van der Waals surface area contributed by atoms with Crippen molar-refractivity contribution in [1.82, 2.24) is 53.2 Å². The van der Waals surface area contributed by atoms with Crippen LogP contribution < -0.4 is 87.6 Å². The van der Waals surface area contributed by atoms with Crippen LogP contribution in [0.15, 0.2) is 0 Å². The van der Waals surface area contributed by atoms with Crippen molar-refractivity contribution in [1.29, 1.82) is 0 Å².